The van der Waals surface area contributed by atoms with Crippen LogP contribution in [-0.4, -0.2) is 48.9 Å². The maximum Gasteiger partial charge on any atom is 0.315 e. The van der Waals surface area contributed by atoms with Crippen LogP contribution >= 0.6 is 11.8 Å². The number of nitrogens with zero attached hydrogens (tertiary/aromatic N) is 1. The van der Waals surface area contributed by atoms with E-state index < -0.39 is 0 Å². The maximum atomic E-state index is 12.4. The molecule has 1 atom stereocenters. The van der Waals surface area contributed by atoms with Crippen LogP contribution in [0.2, 0.25) is 0 Å². The van der Waals surface area contributed by atoms with Crippen molar-refractivity contribution in [2.75, 3.05) is 26.4 Å². The number of rotatable bonds is 6. The summed E-state index contributed by atoms with van der Waals surface area (Å²) in [5.41, 5.74) is 4.22. The van der Waals surface area contributed by atoms with Crippen molar-refractivity contribution in [3.63, 3.8) is 0 Å². The number of hydrogen-bond donors (Lipinski definition) is 2. The van der Waals surface area contributed by atoms with Gasteiger partial charge in [-0.25, -0.2) is 4.79 Å². The molecule has 1 aromatic carbocycles. The molecule has 2 N–H and O–H groups in total. The van der Waals surface area contributed by atoms with Gasteiger partial charge in [0.15, 0.2) is 0 Å². The van der Waals surface area contributed by atoms with Crippen LogP contribution in [0.25, 0.3) is 0 Å². The van der Waals surface area contributed by atoms with E-state index in [0.29, 0.717) is 6.54 Å². The summed E-state index contributed by atoms with van der Waals surface area (Å²) >= 11 is 1.87. The Morgan fingerprint density at radius 2 is 1.96 bits per heavy atom. The zero-order valence-electron chi connectivity index (χ0n) is 15.5. The van der Waals surface area contributed by atoms with Crippen LogP contribution in [0.5, 0.6) is 0 Å². The van der Waals surface area contributed by atoms with Crippen molar-refractivity contribution in [2.45, 2.75) is 44.2 Å². The van der Waals surface area contributed by atoms with Gasteiger partial charge in [-0.1, -0.05) is 29.8 Å². The average Bonchev–Trinajstić information content (AvgIpc) is 3.20. The molecule has 0 radical (unpaired) electrons. The minimum atomic E-state index is -0.0593. The molecule has 0 spiro atoms. The van der Waals surface area contributed by atoms with E-state index >= 15 is 0 Å². The zero-order valence-corrected chi connectivity index (χ0v) is 16.3. The standard InChI is InChI=1S/C20H29N3OS/c1-15(10-16-8-9-25-13-16)22-19(24)21-14-20(23(2)3)11-17-6-4-5-7-18(17)12-20/h4-7,13,15H,8-12,14H2,1-3H3,(H2,21,22,24). The van der Waals surface area contributed by atoms with Crippen LogP contribution < -0.4 is 10.6 Å². The molecule has 0 fully saturated rings. The smallest absolute Gasteiger partial charge is 0.315 e. The first-order chi connectivity index (χ1) is 12.0. The molecule has 25 heavy (non-hydrogen) atoms. The van der Waals surface area contributed by atoms with E-state index in [0.717, 1.165) is 25.7 Å². The number of amides is 2. The first-order valence-corrected chi connectivity index (χ1v) is 10.1. The van der Waals surface area contributed by atoms with Crippen molar-refractivity contribution in [2.24, 2.45) is 0 Å². The molecule has 0 saturated carbocycles. The highest BCUT2D eigenvalue weighted by atomic mass is 32.2. The van der Waals surface area contributed by atoms with Gasteiger partial charge in [-0.05, 0) is 63.2 Å². The van der Waals surface area contributed by atoms with E-state index in [-0.39, 0.29) is 17.6 Å². The molecule has 2 amide bonds. The summed E-state index contributed by atoms with van der Waals surface area (Å²) in [5, 5.41) is 8.45. The molecule has 1 heterocycles. The molecule has 5 heteroatoms. The summed E-state index contributed by atoms with van der Waals surface area (Å²) in [6.45, 7) is 2.74. The zero-order chi connectivity index (χ0) is 17.9. The second-order valence-electron chi connectivity index (χ2n) is 7.57. The van der Waals surface area contributed by atoms with Crippen molar-refractivity contribution >= 4 is 17.8 Å². The van der Waals surface area contributed by atoms with Crippen LogP contribution in [0.1, 0.15) is 30.9 Å². The fourth-order valence-electron chi connectivity index (χ4n) is 3.81. The van der Waals surface area contributed by atoms with Gasteiger partial charge in [-0.2, -0.15) is 0 Å². The van der Waals surface area contributed by atoms with Gasteiger partial charge in [0.2, 0.25) is 0 Å². The monoisotopic (exact) mass is 359 g/mol. The van der Waals surface area contributed by atoms with E-state index in [9.17, 15) is 4.79 Å². The molecule has 1 aromatic rings. The first-order valence-electron chi connectivity index (χ1n) is 9.07. The minimum absolute atomic E-state index is 0.0329. The topological polar surface area (TPSA) is 44.4 Å². The van der Waals surface area contributed by atoms with Crippen molar-refractivity contribution in [3.05, 3.63) is 46.4 Å². The molecule has 0 bridgehead atoms. The highest BCUT2D eigenvalue weighted by Crippen LogP contribution is 2.33. The Bertz CT molecular complexity index is 631. The summed E-state index contributed by atoms with van der Waals surface area (Å²) < 4.78 is 0. The summed E-state index contributed by atoms with van der Waals surface area (Å²) in [6, 6.07) is 8.72. The van der Waals surface area contributed by atoms with Crippen LogP contribution in [-0.2, 0) is 12.8 Å². The van der Waals surface area contributed by atoms with E-state index in [1.165, 1.54) is 22.5 Å². The number of likely N-dealkylation sites (N-methyl/N-ethyl adjacent to an activating group) is 1. The lowest BCUT2D eigenvalue weighted by atomic mass is 9.94. The largest absolute Gasteiger partial charge is 0.336 e. The first kappa shape index (κ1) is 18.3. The fourth-order valence-corrected chi connectivity index (χ4v) is 4.76. The highest BCUT2D eigenvalue weighted by Gasteiger charge is 2.39. The molecule has 4 nitrogen and oxygen atoms in total. The Morgan fingerprint density at radius 3 is 2.52 bits per heavy atom. The number of nitrogens with one attached hydrogen (secondary N) is 2. The number of urea groups is 1. The minimum Gasteiger partial charge on any atom is -0.336 e. The summed E-state index contributed by atoms with van der Waals surface area (Å²) in [4.78, 5) is 14.6. The van der Waals surface area contributed by atoms with E-state index in [2.05, 4.69) is 66.2 Å². The molecule has 2 aliphatic rings. The Labute approximate surface area is 155 Å². The van der Waals surface area contributed by atoms with Gasteiger partial charge < -0.3 is 15.5 Å². The molecule has 1 aliphatic carbocycles. The molecule has 0 saturated heterocycles. The van der Waals surface area contributed by atoms with Gasteiger partial charge in [0, 0.05) is 23.9 Å². The molecule has 136 valence electrons. The Kier molecular flexibility index (Phi) is 5.74. The molecule has 1 unspecified atom stereocenters. The fraction of sp³-hybridized carbons (Fsp3) is 0.550. The lowest BCUT2D eigenvalue weighted by molar-refractivity contribution is 0.157. The van der Waals surface area contributed by atoms with Gasteiger partial charge in [-0.3, -0.25) is 0 Å². The molecular formula is C20H29N3OS. The van der Waals surface area contributed by atoms with E-state index in [4.69, 9.17) is 0 Å². The maximum absolute atomic E-state index is 12.4. The third-order valence-electron chi connectivity index (χ3n) is 5.42. The average molecular weight is 360 g/mol. The van der Waals surface area contributed by atoms with Crippen LogP contribution in [0, 0.1) is 0 Å². The van der Waals surface area contributed by atoms with Gasteiger partial charge in [0.25, 0.3) is 0 Å². The Hall–Kier alpha value is -1.46. The second-order valence-corrected chi connectivity index (χ2v) is 8.55. The summed E-state index contributed by atoms with van der Waals surface area (Å²) in [7, 11) is 4.22. The second kappa shape index (κ2) is 7.83. The third kappa shape index (κ3) is 4.39. The number of carbonyl (C=O) groups excluding carboxylic acids is 1. The number of carbonyl (C=O) groups is 1. The lowest BCUT2D eigenvalue weighted by Crippen LogP contribution is -2.55. The normalized spacial score (nSPS) is 19.4. The van der Waals surface area contributed by atoms with Crippen molar-refractivity contribution < 1.29 is 4.79 Å². The number of thioether (sulfide) groups is 1. The molecular weight excluding hydrogens is 330 g/mol. The molecule has 3 rings (SSSR count). The summed E-state index contributed by atoms with van der Waals surface area (Å²) in [5.74, 6) is 1.18. The Morgan fingerprint density at radius 1 is 1.28 bits per heavy atom. The molecule has 0 aromatic heterocycles. The van der Waals surface area contributed by atoms with Gasteiger partial charge >= 0.3 is 6.03 Å². The SMILES string of the molecule is CC(CC1=CSCC1)NC(=O)NCC1(N(C)C)Cc2ccccc2C1. The predicted molar refractivity (Wildman–Crippen MR) is 106 cm³/mol. The summed E-state index contributed by atoms with van der Waals surface area (Å²) in [6.07, 6.45) is 4.07. The highest BCUT2D eigenvalue weighted by molar-refractivity contribution is 8.02. The van der Waals surface area contributed by atoms with Crippen LogP contribution in [0.15, 0.2) is 35.2 Å². The van der Waals surface area contributed by atoms with Crippen molar-refractivity contribution in [3.8, 4) is 0 Å². The number of hydrogen-bond acceptors (Lipinski definition) is 3. The number of benzene rings is 1. The Balaban J connectivity index is 1.53. The van der Waals surface area contributed by atoms with E-state index in [1.807, 2.05) is 11.8 Å². The van der Waals surface area contributed by atoms with Crippen molar-refractivity contribution in [1.82, 2.24) is 15.5 Å². The quantitative estimate of drug-likeness (QED) is 0.820. The predicted octanol–water partition coefficient (Wildman–Crippen LogP) is 3.18. The third-order valence-corrected chi connectivity index (χ3v) is 6.36. The van der Waals surface area contributed by atoms with E-state index in [1.54, 1.807) is 0 Å². The molecule has 1 aliphatic heterocycles. The van der Waals surface area contributed by atoms with Gasteiger partial charge in [0.05, 0.1) is 0 Å². The van der Waals surface area contributed by atoms with Crippen LogP contribution in [0.3, 0.4) is 0 Å². The van der Waals surface area contributed by atoms with Crippen molar-refractivity contribution in [1.29, 1.82) is 0 Å². The van der Waals surface area contributed by atoms with Gasteiger partial charge in [0.1, 0.15) is 0 Å². The van der Waals surface area contributed by atoms with Gasteiger partial charge in [-0.15, -0.1) is 11.8 Å². The number of fused-ring (bicyclic) bond motifs is 1. The lowest BCUT2D eigenvalue weighted by Gasteiger charge is -2.36. The van der Waals surface area contributed by atoms with Crippen LogP contribution in [0.4, 0.5) is 4.79 Å².